The van der Waals surface area contributed by atoms with Crippen molar-refractivity contribution in [1.29, 1.82) is 0 Å². The molecule has 1 aromatic heterocycles. The van der Waals surface area contributed by atoms with Crippen LogP contribution in [0.5, 0.6) is 0 Å². The van der Waals surface area contributed by atoms with Crippen molar-refractivity contribution in [1.82, 2.24) is 4.57 Å². The van der Waals surface area contributed by atoms with Gasteiger partial charge in [-0.25, -0.2) is 0 Å². The van der Waals surface area contributed by atoms with E-state index in [2.05, 4.69) is 54.0 Å². The van der Waals surface area contributed by atoms with Gasteiger partial charge in [0.2, 0.25) is 0 Å². The molecule has 5 nitrogen and oxygen atoms in total. The van der Waals surface area contributed by atoms with E-state index < -0.39 is 0 Å². The number of hydrogen-bond acceptors (Lipinski definition) is 2. The molecule has 0 atom stereocenters. The summed E-state index contributed by atoms with van der Waals surface area (Å²) >= 11 is 0. The first-order chi connectivity index (χ1) is 15.1. The number of quaternary nitrogens is 1. The lowest BCUT2D eigenvalue weighted by molar-refractivity contribution is -0.922. The summed E-state index contributed by atoms with van der Waals surface area (Å²) in [4.78, 5) is 14.7. The number of aromatic nitrogens is 1. The van der Waals surface area contributed by atoms with Crippen LogP contribution in [0.3, 0.4) is 0 Å². The molecule has 0 radical (unpaired) electrons. The maximum atomic E-state index is 13.1. The molecule has 0 aliphatic carbocycles. The lowest BCUT2D eigenvalue weighted by Crippen LogP contribution is -3.11. The van der Waals surface area contributed by atoms with Gasteiger partial charge in [-0.05, 0) is 44.0 Å². The molecule has 0 bridgehead atoms. The van der Waals surface area contributed by atoms with Crippen LogP contribution >= 0.6 is 0 Å². The van der Waals surface area contributed by atoms with E-state index in [0.29, 0.717) is 5.57 Å². The van der Waals surface area contributed by atoms with Crippen LogP contribution in [0.1, 0.15) is 39.2 Å². The van der Waals surface area contributed by atoms with Crippen LogP contribution in [-0.4, -0.2) is 29.3 Å². The van der Waals surface area contributed by atoms with Crippen LogP contribution in [0.4, 0.5) is 5.69 Å². The molecule has 1 aliphatic heterocycles. The summed E-state index contributed by atoms with van der Waals surface area (Å²) in [5.74, 6) is -0.0789. The second-order valence-corrected chi connectivity index (χ2v) is 8.18. The quantitative estimate of drug-likeness (QED) is 0.553. The summed E-state index contributed by atoms with van der Waals surface area (Å²) < 4.78 is 2.34. The predicted octanol–water partition coefficient (Wildman–Crippen LogP) is 4.11. The molecule has 2 heterocycles. The Labute approximate surface area is 184 Å². The van der Waals surface area contributed by atoms with E-state index >= 15 is 0 Å². The zero-order chi connectivity index (χ0) is 21.8. The van der Waals surface area contributed by atoms with E-state index in [9.17, 15) is 4.79 Å². The summed E-state index contributed by atoms with van der Waals surface area (Å²) in [6.45, 7) is 9.64. The first-order valence-corrected chi connectivity index (χ1v) is 11.2. The van der Waals surface area contributed by atoms with Crippen molar-refractivity contribution in [2.45, 2.75) is 40.3 Å². The van der Waals surface area contributed by atoms with Gasteiger partial charge in [-0.1, -0.05) is 50.2 Å². The molecule has 4 rings (SSSR count). The number of hydrogen-bond donors (Lipinski definition) is 1. The third kappa shape index (κ3) is 4.32. The fourth-order valence-electron chi connectivity index (χ4n) is 4.34. The molecule has 160 valence electrons. The van der Waals surface area contributed by atoms with Crippen molar-refractivity contribution in [2.24, 2.45) is 5.10 Å². The van der Waals surface area contributed by atoms with Gasteiger partial charge < -0.3 is 4.90 Å². The lowest BCUT2D eigenvalue weighted by Gasteiger charge is -2.19. The van der Waals surface area contributed by atoms with Gasteiger partial charge in [0.25, 0.3) is 5.91 Å². The number of carbonyl (C=O) groups is 1. The second kappa shape index (κ2) is 9.31. The van der Waals surface area contributed by atoms with Crippen LogP contribution in [0.25, 0.3) is 17.0 Å². The SMILES string of the molecule is CCC[NH+](CCC)Cn1cc(/C=C2/C(=O)N(c3ccccc3)N=C2C)c2ccccc21. The molecule has 5 heteroatoms. The number of anilines is 1. The zero-order valence-corrected chi connectivity index (χ0v) is 18.6. The molecule has 2 aromatic carbocycles. The Bertz CT molecular complexity index is 1120. The maximum absolute atomic E-state index is 13.1. The molecule has 0 saturated carbocycles. The van der Waals surface area contributed by atoms with Crippen molar-refractivity contribution in [2.75, 3.05) is 18.1 Å². The minimum absolute atomic E-state index is 0.0789. The third-order valence-electron chi connectivity index (χ3n) is 5.78. The first-order valence-electron chi connectivity index (χ1n) is 11.2. The molecule has 0 fully saturated rings. The number of carbonyl (C=O) groups excluding carboxylic acids is 1. The molecule has 3 aromatic rings. The van der Waals surface area contributed by atoms with Crippen molar-refractivity contribution >= 4 is 34.3 Å². The van der Waals surface area contributed by atoms with Crippen molar-refractivity contribution in [3.63, 3.8) is 0 Å². The van der Waals surface area contributed by atoms with Gasteiger partial charge in [-0.15, -0.1) is 0 Å². The average Bonchev–Trinajstić information content (AvgIpc) is 3.27. The Morgan fingerprint density at radius 3 is 2.35 bits per heavy atom. The van der Waals surface area contributed by atoms with Crippen molar-refractivity contribution in [3.05, 3.63) is 71.9 Å². The number of nitrogens with one attached hydrogen (secondary N) is 1. The highest BCUT2D eigenvalue weighted by Crippen LogP contribution is 2.28. The van der Waals surface area contributed by atoms with E-state index in [-0.39, 0.29) is 5.91 Å². The summed E-state index contributed by atoms with van der Waals surface area (Å²) in [6, 6.07) is 18.0. The molecule has 31 heavy (non-hydrogen) atoms. The van der Waals surface area contributed by atoms with Gasteiger partial charge in [-0.2, -0.15) is 10.1 Å². The lowest BCUT2D eigenvalue weighted by atomic mass is 10.1. The predicted molar refractivity (Wildman–Crippen MR) is 128 cm³/mol. The number of nitrogens with zero attached hydrogens (tertiary/aromatic N) is 3. The van der Waals surface area contributed by atoms with Crippen LogP contribution in [0, 0.1) is 0 Å². The summed E-state index contributed by atoms with van der Waals surface area (Å²) in [5.41, 5.74) is 4.46. The Morgan fingerprint density at radius 1 is 0.968 bits per heavy atom. The van der Waals surface area contributed by atoms with E-state index in [1.807, 2.05) is 43.3 Å². The highest BCUT2D eigenvalue weighted by molar-refractivity contribution is 6.32. The molecule has 1 aliphatic rings. The van der Waals surface area contributed by atoms with Gasteiger partial charge in [0.05, 0.1) is 35.6 Å². The number of para-hydroxylation sites is 2. The summed E-state index contributed by atoms with van der Waals surface area (Å²) in [7, 11) is 0. The molecular formula is C26H31N4O+. The van der Waals surface area contributed by atoms with Crippen LogP contribution < -0.4 is 9.91 Å². The summed E-state index contributed by atoms with van der Waals surface area (Å²) in [6.07, 6.45) is 6.53. The van der Waals surface area contributed by atoms with Gasteiger partial charge in [-0.3, -0.25) is 9.36 Å². The molecule has 1 amide bonds. The minimum atomic E-state index is -0.0789. The zero-order valence-electron chi connectivity index (χ0n) is 18.6. The number of rotatable bonds is 8. The topological polar surface area (TPSA) is 42.0 Å². The minimum Gasteiger partial charge on any atom is -0.318 e. The highest BCUT2D eigenvalue weighted by atomic mass is 16.2. The Kier molecular flexibility index (Phi) is 6.33. The Hall–Kier alpha value is -3.18. The first kappa shape index (κ1) is 21.1. The molecular weight excluding hydrogens is 384 g/mol. The Morgan fingerprint density at radius 2 is 1.65 bits per heavy atom. The van der Waals surface area contributed by atoms with E-state index in [1.54, 1.807) is 4.90 Å². The maximum Gasteiger partial charge on any atom is 0.280 e. The fraction of sp³-hybridized carbons (Fsp3) is 0.308. The van der Waals surface area contributed by atoms with Crippen LogP contribution in [-0.2, 0) is 11.5 Å². The Balaban J connectivity index is 1.69. The number of benzene rings is 2. The van der Waals surface area contributed by atoms with Crippen molar-refractivity contribution < 1.29 is 9.69 Å². The molecule has 0 unspecified atom stereocenters. The van der Waals surface area contributed by atoms with Gasteiger partial charge in [0.15, 0.2) is 6.67 Å². The van der Waals surface area contributed by atoms with Gasteiger partial charge >= 0.3 is 0 Å². The molecule has 1 N–H and O–H groups in total. The van der Waals surface area contributed by atoms with Gasteiger partial charge in [0, 0.05) is 17.1 Å². The van der Waals surface area contributed by atoms with Gasteiger partial charge in [0.1, 0.15) is 0 Å². The third-order valence-corrected chi connectivity index (χ3v) is 5.78. The monoisotopic (exact) mass is 415 g/mol. The normalized spacial score (nSPS) is 15.5. The van der Waals surface area contributed by atoms with E-state index in [1.165, 1.54) is 28.8 Å². The van der Waals surface area contributed by atoms with Crippen LogP contribution in [0.2, 0.25) is 0 Å². The molecule has 0 saturated heterocycles. The largest absolute Gasteiger partial charge is 0.318 e. The van der Waals surface area contributed by atoms with E-state index in [0.717, 1.165) is 36.7 Å². The standard InChI is InChI=1S/C26H30N4O/c1-4-15-28(16-5-2)19-29-18-21(23-13-9-10-14-25(23)29)17-24-20(3)27-30(26(24)31)22-11-7-6-8-12-22/h6-14,17-18H,4-5,15-16,19H2,1-3H3/p+1/b24-17+. The van der Waals surface area contributed by atoms with E-state index in [4.69, 9.17) is 0 Å². The number of hydrazone groups is 1. The fourth-order valence-corrected chi connectivity index (χ4v) is 4.34. The number of amides is 1. The van der Waals surface area contributed by atoms with Crippen LogP contribution in [0.15, 0.2) is 71.5 Å². The van der Waals surface area contributed by atoms with Crippen molar-refractivity contribution in [3.8, 4) is 0 Å². The smallest absolute Gasteiger partial charge is 0.280 e. The number of fused-ring (bicyclic) bond motifs is 1. The highest BCUT2D eigenvalue weighted by Gasteiger charge is 2.29. The second-order valence-electron chi connectivity index (χ2n) is 8.18. The molecule has 0 spiro atoms. The average molecular weight is 416 g/mol. The summed E-state index contributed by atoms with van der Waals surface area (Å²) in [5, 5.41) is 7.18.